The molecule has 4 aromatic rings. The van der Waals surface area contributed by atoms with E-state index in [9.17, 15) is 4.79 Å². The van der Waals surface area contributed by atoms with Gasteiger partial charge in [0.05, 0.1) is 18.2 Å². The van der Waals surface area contributed by atoms with Gasteiger partial charge in [0.25, 0.3) is 5.91 Å². The molecule has 1 fully saturated rings. The van der Waals surface area contributed by atoms with Crippen LogP contribution in [0.1, 0.15) is 36.0 Å². The largest absolute Gasteiger partial charge is 0.496 e. The van der Waals surface area contributed by atoms with Crippen molar-refractivity contribution in [1.82, 2.24) is 15.3 Å². The number of halogens is 1. The summed E-state index contributed by atoms with van der Waals surface area (Å²) in [6.45, 7) is 0.658. The van der Waals surface area contributed by atoms with E-state index < -0.39 is 0 Å². The van der Waals surface area contributed by atoms with Gasteiger partial charge in [-0.1, -0.05) is 35.9 Å². The van der Waals surface area contributed by atoms with Crippen LogP contribution in [0, 0.1) is 5.92 Å². The van der Waals surface area contributed by atoms with E-state index in [4.69, 9.17) is 26.3 Å². The molecule has 1 aliphatic rings. The fourth-order valence-electron chi connectivity index (χ4n) is 4.76. The van der Waals surface area contributed by atoms with E-state index in [1.807, 2.05) is 60.7 Å². The Labute approximate surface area is 221 Å². The Morgan fingerprint density at radius 1 is 0.946 bits per heavy atom. The van der Waals surface area contributed by atoms with Gasteiger partial charge in [0.2, 0.25) is 5.95 Å². The molecule has 1 saturated carbocycles. The molecule has 7 nitrogen and oxygen atoms in total. The molecule has 37 heavy (non-hydrogen) atoms. The van der Waals surface area contributed by atoms with E-state index in [1.165, 1.54) is 0 Å². The van der Waals surface area contributed by atoms with Gasteiger partial charge in [-0.15, -0.1) is 0 Å². The number of ether oxygens (including phenoxy) is 1. The third kappa shape index (κ3) is 6.12. The summed E-state index contributed by atoms with van der Waals surface area (Å²) < 4.78 is 5.31. The van der Waals surface area contributed by atoms with Crippen molar-refractivity contribution in [3.8, 4) is 5.75 Å². The van der Waals surface area contributed by atoms with Gasteiger partial charge in [-0.3, -0.25) is 4.79 Å². The average molecular weight is 516 g/mol. The summed E-state index contributed by atoms with van der Waals surface area (Å²) in [7, 11) is 1.58. The molecule has 5 rings (SSSR count). The van der Waals surface area contributed by atoms with Gasteiger partial charge in [-0.05, 0) is 80.1 Å². The highest BCUT2D eigenvalue weighted by Crippen LogP contribution is 2.29. The molecule has 1 amide bonds. The van der Waals surface area contributed by atoms with E-state index in [-0.39, 0.29) is 11.9 Å². The minimum absolute atomic E-state index is 0.0945. The van der Waals surface area contributed by atoms with Crippen molar-refractivity contribution in [3.63, 3.8) is 0 Å². The fraction of sp³-hybridized carbons (Fsp3) is 0.276. The molecule has 190 valence electrons. The molecule has 3 N–H and O–H groups in total. The van der Waals surface area contributed by atoms with Gasteiger partial charge in [-0.25, -0.2) is 4.98 Å². The van der Waals surface area contributed by atoms with Crippen molar-refractivity contribution in [2.45, 2.75) is 31.7 Å². The first-order valence-electron chi connectivity index (χ1n) is 12.6. The van der Waals surface area contributed by atoms with Gasteiger partial charge >= 0.3 is 0 Å². The second kappa shape index (κ2) is 11.5. The normalized spacial score (nSPS) is 17.2. The van der Waals surface area contributed by atoms with Crippen LogP contribution < -0.4 is 20.7 Å². The molecule has 0 spiro atoms. The number of fused-ring (bicyclic) bond motifs is 1. The SMILES string of the molecule is COc1ccccc1C(=O)NCC1CCC(Nc2nc(Nc3ccc(Cl)cc3)c3ccccc3n2)CC1. The summed E-state index contributed by atoms with van der Waals surface area (Å²) in [5.74, 6) is 2.30. The van der Waals surface area contributed by atoms with Crippen molar-refractivity contribution >= 4 is 45.9 Å². The predicted molar refractivity (Wildman–Crippen MR) is 149 cm³/mol. The summed E-state index contributed by atoms with van der Waals surface area (Å²) in [6, 6.07) is 23.1. The molecule has 3 aromatic carbocycles. The Kier molecular flexibility index (Phi) is 7.70. The van der Waals surface area contributed by atoms with Crippen molar-refractivity contribution in [3.05, 3.63) is 83.4 Å². The molecule has 0 bridgehead atoms. The minimum Gasteiger partial charge on any atom is -0.496 e. The molecule has 0 unspecified atom stereocenters. The maximum absolute atomic E-state index is 12.6. The van der Waals surface area contributed by atoms with Crippen molar-refractivity contribution < 1.29 is 9.53 Å². The number of rotatable bonds is 8. The first-order valence-corrected chi connectivity index (χ1v) is 12.9. The van der Waals surface area contributed by atoms with Crippen molar-refractivity contribution in [1.29, 1.82) is 0 Å². The van der Waals surface area contributed by atoms with Gasteiger partial charge in [-0.2, -0.15) is 4.98 Å². The first kappa shape index (κ1) is 24.8. The second-order valence-corrected chi connectivity index (χ2v) is 9.75. The molecule has 0 saturated heterocycles. The zero-order valence-electron chi connectivity index (χ0n) is 20.7. The van der Waals surface area contributed by atoms with E-state index in [0.717, 1.165) is 48.1 Å². The smallest absolute Gasteiger partial charge is 0.255 e. The second-order valence-electron chi connectivity index (χ2n) is 9.32. The molecule has 1 heterocycles. The number of hydrogen-bond acceptors (Lipinski definition) is 6. The number of methoxy groups -OCH3 is 1. The highest BCUT2D eigenvalue weighted by Gasteiger charge is 2.23. The van der Waals surface area contributed by atoms with Crippen LogP contribution >= 0.6 is 11.6 Å². The third-order valence-electron chi connectivity index (χ3n) is 6.79. The molecule has 0 radical (unpaired) electrons. The fourth-order valence-corrected chi connectivity index (χ4v) is 4.89. The van der Waals surface area contributed by atoms with Crippen LogP contribution in [0.3, 0.4) is 0 Å². The van der Waals surface area contributed by atoms with Crippen LogP contribution in [0.15, 0.2) is 72.8 Å². The minimum atomic E-state index is -0.0945. The number of para-hydroxylation sites is 2. The van der Waals surface area contributed by atoms with E-state index in [1.54, 1.807) is 19.2 Å². The molecule has 1 aliphatic carbocycles. The Morgan fingerprint density at radius 3 is 2.46 bits per heavy atom. The van der Waals surface area contributed by atoms with Crippen LogP contribution in [0.5, 0.6) is 5.75 Å². The van der Waals surface area contributed by atoms with Crippen molar-refractivity contribution in [2.24, 2.45) is 5.92 Å². The lowest BCUT2D eigenvalue weighted by Gasteiger charge is -2.29. The number of benzene rings is 3. The molecule has 0 atom stereocenters. The zero-order chi connectivity index (χ0) is 25.6. The Balaban J connectivity index is 1.20. The van der Waals surface area contributed by atoms with E-state index in [0.29, 0.717) is 34.7 Å². The number of aromatic nitrogens is 2. The van der Waals surface area contributed by atoms with Crippen LogP contribution in [-0.4, -0.2) is 35.6 Å². The lowest BCUT2D eigenvalue weighted by Crippen LogP contribution is -2.34. The maximum atomic E-state index is 12.6. The number of carbonyl (C=O) groups excluding carboxylic acids is 1. The molecule has 0 aliphatic heterocycles. The maximum Gasteiger partial charge on any atom is 0.255 e. The topological polar surface area (TPSA) is 88.2 Å². The number of carbonyl (C=O) groups is 1. The average Bonchev–Trinajstić information content (AvgIpc) is 2.93. The summed E-state index contributed by atoms with van der Waals surface area (Å²) >= 11 is 6.04. The highest BCUT2D eigenvalue weighted by atomic mass is 35.5. The van der Waals surface area contributed by atoms with E-state index in [2.05, 4.69) is 16.0 Å². The van der Waals surface area contributed by atoms with Crippen LogP contribution in [-0.2, 0) is 0 Å². The summed E-state index contributed by atoms with van der Waals surface area (Å²) in [5.41, 5.74) is 2.36. The third-order valence-corrected chi connectivity index (χ3v) is 7.05. The summed E-state index contributed by atoms with van der Waals surface area (Å²) in [5, 5.41) is 11.7. The molecular formula is C29H30ClN5O2. The van der Waals surface area contributed by atoms with Gasteiger partial charge in [0.15, 0.2) is 0 Å². The van der Waals surface area contributed by atoms with Crippen LogP contribution in [0.4, 0.5) is 17.5 Å². The Bertz CT molecular complexity index is 1370. The van der Waals surface area contributed by atoms with E-state index >= 15 is 0 Å². The lowest BCUT2D eigenvalue weighted by molar-refractivity contribution is 0.0940. The Morgan fingerprint density at radius 2 is 1.68 bits per heavy atom. The highest BCUT2D eigenvalue weighted by molar-refractivity contribution is 6.30. The summed E-state index contributed by atoms with van der Waals surface area (Å²) in [4.78, 5) is 22.2. The Hall–Kier alpha value is -3.84. The number of anilines is 3. The van der Waals surface area contributed by atoms with Gasteiger partial charge in [0.1, 0.15) is 11.6 Å². The quantitative estimate of drug-likeness (QED) is 0.250. The van der Waals surface area contributed by atoms with Gasteiger partial charge in [0, 0.05) is 28.7 Å². The monoisotopic (exact) mass is 515 g/mol. The standard InChI is InChI=1S/C29H30ClN5O2/c1-37-26-9-5-3-7-24(26)28(36)31-18-19-10-14-22(15-11-19)33-29-34-25-8-4-2-6-23(25)27(35-29)32-21-16-12-20(30)13-17-21/h2-9,12-13,16-17,19,22H,10-11,14-15,18H2,1H3,(H,31,36)(H2,32,33,34,35). The summed E-state index contributed by atoms with van der Waals surface area (Å²) in [6.07, 6.45) is 4.03. The van der Waals surface area contributed by atoms with Gasteiger partial charge < -0.3 is 20.7 Å². The first-order chi connectivity index (χ1) is 18.1. The molecular weight excluding hydrogens is 486 g/mol. The molecule has 8 heteroatoms. The lowest BCUT2D eigenvalue weighted by atomic mass is 9.86. The molecule has 1 aromatic heterocycles. The van der Waals surface area contributed by atoms with Crippen molar-refractivity contribution in [2.75, 3.05) is 24.3 Å². The van der Waals surface area contributed by atoms with Crippen LogP contribution in [0.25, 0.3) is 10.9 Å². The van der Waals surface area contributed by atoms with Crippen LogP contribution in [0.2, 0.25) is 5.02 Å². The number of hydrogen-bond donors (Lipinski definition) is 3. The number of nitrogens with zero attached hydrogens (tertiary/aromatic N) is 2. The number of amides is 1. The predicted octanol–water partition coefficient (Wildman–Crippen LogP) is 6.44. The zero-order valence-corrected chi connectivity index (χ0v) is 21.5. The number of nitrogens with one attached hydrogen (secondary N) is 3.